The third-order valence-corrected chi connectivity index (χ3v) is 10.2. The lowest BCUT2D eigenvalue weighted by molar-refractivity contribution is 1.18. The highest BCUT2D eigenvalue weighted by Crippen LogP contribution is 2.40. The molecule has 3 heteroatoms. The van der Waals surface area contributed by atoms with Crippen LogP contribution in [0.2, 0.25) is 0 Å². The van der Waals surface area contributed by atoms with E-state index in [1.54, 1.807) is 0 Å². The van der Waals surface area contributed by atoms with Gasteiger partial charge in [0.15, 0.2) is 5.82 Å². The van der Waals surface area contributed by atoms with Crippen molar-refractivity contribution in [2.45, 2.75) is 0 Å². The zero-order valence-electron chi connectivity index (χ0n) is 28.2. The van der Waals surface area contributed by atoms with Gasteiger partial charge in [0, 0.05) is 29.1 Å². The van der Waals surface area contributed by atoms with Crippen LogP contribution in [0.5, 0.6) is 0 Å². The van der Waals surface area contributed by atoms with Gasteiger partial charge in [-0.15, -0.1) is 0 Å². The van der Waals surface area contributed by atoms with Crippen molar-refractivity contribution in [1.29, 1.82) is 0 Å². The second-order valence-corrected chi connectivity index (χ2v) is 13.3. The summed E-state index contributed by atoms with van der Waals surface area (Å²) in [4.78, 5) is 14.5. The van der Waals surface area contributed by atoms with E-state index in [0.717, 1.165) is 50.3 Å². The van der Waals surface area contributed by atoms with E-state index in [9.17, 15) is 0 Å². The molecule has 10 rings (SSSR count). The monoisotopic (exact) mass is 661 g/mol. The average molecular weight is 662 g/mol. The summed E-state index contributed by atoms with van der Waals surface area (Å²) < 4.78 is 0. The molecule has 3 nitrogen and oxygen atoms in total. The Kier molecular flexibility index (Phi) is 7.14. The van der Waals surface area contributed by atoms with Crippen molar-refractivity contribution in [1.82, 2.24) is 15.0 Å². The molecule has 0 aliphatic rings. The van der Waals surface area contributed by atoms with E-state index in [1.807, 2.05) is 30.6 Å². The molecule has 2 aromatic heterocycles. The van der Waals surface area contributed by atoms with Gasteiger partial charge in [-0.25, -0.2) is 9.97 Å². The van der Waals surface area contributed by atoms with Crippen LogP contribution in [0.15, 0.2) is 188 Å². The highest BCUT2D eigenvalue weighted by molar-refractivity contribution is 6.25. The zero-order chi connectivity index (χ0) is 34.4. The third-order valence-electron chi connectivity index (χ3n) is 10.2. The largest absolute Gasteiger partial charge is 0.265 e. The predicted molar refractivity (Wildman–Crippen MR) is 216 cm³/mol. The van der Waals surface area contributed by atoms with E-state index in [1.165, 1.54) is 43.4 Å². The second-order valence-electron chi connectivity index (χ2n) is 13.3. The molecule has 52 heavy (non-hydrogen) atoms. The summed E-state index contributed by atoms with van der Waals surface area (Å²) >= 11 is 0. The van der Waals surface area contributed by atoms with E-state index >= 15 is 0 Å². The summed E-state index contributed by atoms with van der Waals surface area (Å²) in [6.45, 7) is 0. The van der Waals surface area contributed by atoms with E-state index in [0.29, 0.717) is 5.82 Å². The maximum Gasteiger partial charge on any atom is 0.160 e. The van der Waals surface area contributed by atoms with E-state index in [4.69, 9.17) is 9.97 Å². The first-order valence-corrected chi connectivity index (χ1v) is 17.6. The fourth-order valence-corrected chi connectivity index (χ4v) is 7.53. The average Bonchev–Trinajstić information content (AvgIpc) is 3.23. The molecule has 0 radical (unpaired) electrons. The molecule has 0 saturated heterocycles. The van der Waals surface area contributed by atoms with Crippen LogP contribution in [0.1, 0.15) is 0 Å². The zero-order valence-corrected chi connectivity index (χ0v) is 28.2. The quantitative estimate of drug-likeness (QED) is 0.166. The number of aromatic nitrogens is 3. The summed E-state index contributed by atoms with van der Waals surface area (Å²) in [7, 11) is 0. The summed E-state index contributed by atoms with van der Waals surface area (Å²) in [5, 5.41) is 7.76. The Labute approximate surface area is 301 Å². The summed E-state index contributed by atoms with van der Waals surface area (Å²) in [6.07, 6.45) is 3.65. The van der Waals surface area contributed by atoms with Crippen molar-refractivity contribution in [3.05, 3.63) is 188 Å². The molecule has 0 bridgehead atoms. The fourth-order valence-electron chi connectivity index (χ4n) is 7.53. The van der Waals surface area contributed by atoms with Crippen molar-refractivity contribution < 1.29 is 0 Å². The molecule has 0 atom stereocenters. The van der Waals surface area contributed by atoms with Crippen molar-refractivity contribution in [2.24, 2.45) is 0 Å². The Morgan fingerprint density at radius 3 is 1.54 bits per heavy atom. The third kappa shape index (κ3) is 5.28. The van der Waals surface area contributed by atoms with Crippen molar-refractivity contribution in [3.63, 3.8) is 0 Å². The van der Waals surface area contributed by atoms with Crippen molar-refractivity contribution in [3.8, 4) is 67.3 Å². The van der Waals surface area contributed by atoms with Gasteiger partial charge in [-0.2, -0.15) is 0 Å². The molecule has 0 unspecified atom stereocenters. The molecule has 0 aliphatic heterocycles. The Morgan fingerprint density at radius 2 is 0.827 bits per heavy atom. The molecule has 2 heterocycles. The number of benzene rings is 8. The van der Waals surface area contributed by atoms with Crippen LogP contribution in [-0.4, -0.2) is 15.0 Å². The molecule has 0 N–H and O–H groups in total. The lowest BCUT2D eigenvalue weighted by Crippen LogP contribution is -1.96. The number of hydrogen-bond donors (Lipinski definition) is 0. The van der Waals surface area contributed by atoms with Crippen LogP contribution < -0.4 is 0 Å². The summed E-state index contributed by atoms with van der Waals surface area (Å²) in [6, 6.07) is 62.6. The van der Waals surface area contributed by atoms with Gasteiger partial charge in [0.1, 0.15) is 0 Å². The van der Waals surface area contributed by atoms with Crippen molar-refractivity contribution in [2.75, 3.05) is 0 Å². The number of hydrogen-bond acceptors (Lipinski definition) is 3. The number of nitrogens with zero attached hydrogens (tertiary/aromatic N) is 3. The van der Waals surface area contributed by atoms with E-state index < -0.39 is 0 Å². The van der Waals surface area contributed by atoms with Gasteiger partial charge in [-0.05, 0) is 90.0 Å². The minimum Gasteiger partial charge on any atom is -0.265 e. The lowest BCUT2D eigenvalue weighted by Gasteiger charge is -2.14. The van der Waals surface area contributed by atoms with Gasteiger partial charge in [0.2, 0.25) is 0 Å². The molecule has 0 saturated carbocycles. The molecule has 0 fully saturated rings. The Morgan fingerprint density at radius 1 is 0.308 bits per heavy atom. The van der Waals surface area contributed by atoms with E-state index in [2.05, 4.69) is 163 Å². The van der Waals surface area contributed by atoms with Crippen LogP contribution in [0.4, 0.5) is 0 Å². The van der Waals surface area contributed by atoms with Gasteiger partial charge >= 0.3 is 0 Å². The summed E-state index contributed by atoms with van der Waals surface area (Å²) in [5.41, 5.74) is 11.8. The molecule has 8 aromatic carbocycles. The first-order valence-electron chi connectivity index (χ1n) is 17.6. The first-order chi connectivity index (χ1) is 25.7. The smallest absolute Gasteiger partial charge is 0.160 e. The van der Waals surface area contributed by atoms with Crippen LogP contribution in [0, 0.1) is 0 Å². The number of rotatable bonds is 6. The highest BCUT2D eigenvalue weighted by atomic mass is 14.9. The van der Waals surface area contributed by atoms with Gasteiger partial charge in [-0.1, -0.05) is 152 Å². The SMILES string of the molecule is c1ccc(-c2cccc(-c3nc(-c4ccc(-c5ccncc5)cc4)cc(-c4ccc(-c5ccc6ccc7cccc8ccc5c6c78)cc4)n3)c2)cc1. The van der Waals surface area contributed by atoms with Gasteiger partial charge in [0.25, 0.3) is 0 Å². The standard InChI is InChI=1S/C49H31N3/c1-2-6-32(7-3-1)41-10-5-11-42(30-41)49-51-45(36-16-12-33(13-17-36)34-26-28-50-29-27-34)31-46(52-49)37-18-14-35(15-19-37)43-24-22-40-21-20-38-8-4-9-39-23-25-44(43)48(40)47(38)39/h1-31H. The molecule has 0 amide bonds. The van der Waals surface area contributed by atoms with Crippen LogP contribution in [0.3, 0.4) is 0 Å². The topological polar surface area (TPSA) is 38.7 Å². The Bertz CT molecular complexity index is 2850. The molecular weight excluding hydrogens is 631 g/mol. The first kappa shape index (κ1) is 29.9. The molecule has 0 spiro atoms. The van der Waals surface area contributed by atoms with Gasteiger partial charge < -0.3 is 0 Å². The Hall–Kier alpha value is -6.97. The molecule has 0 aliphatic carbocycles. The molecule has 10 aromatic rings. The van der Waals surface area contributed by atoms with Crippen LogP contribution in [0.25, 0.3) is 99.6 Å². The maximum atomic E-state index is 5.19. The van der Waals surface area contributed by atoms with Gasteiger partial charge in [0.05, 0.1) is 11.4 Å². The van der Waals surface area contributed by atoms with Crippen LogP contribution in [-0.2, 0) is 0 Å². The van der Waals surface area contributed by atoms with Crippen molar-refractivity contribution >= 4 is 32.3 Å². The normalized spacial score (nSPS) is 11.5. The molecule has 242 valence electrons. The minimum absolute atomic E-state index is 0.694. The van der Waals surface area contributed by atoms with E-state index in [-0.39, 0.29) is 0 Å². The predicted octanol–water partition coefficient (Wildman–Crippen LogP) is 12.8. The highest BCUT2D eigenvalue weighted by Gasteiger charge is 2.15. The van der Waals surface area contributed by atoms with Gasteiger partial charge in [-0.3, -0.25) is 4.98 Å². The fraction of sp³-hybridized carbons (Fsp3) is 0. The maximum absolute atomic E-state index is 5.19. The number of pyridine rings is 1. The second kappa shape index (κ2) is 12.4. The summed E-state index contributed by atoms with van der Waals surface area (Å²) in [5.74, 6) is 0.694. The van der Waals surface area contributed by atoms with Crippen LogP contribution >= 0.6 is 0 Å². The lowest BCUT2D eigenvalue weighted by atomic mass is 9.89. The minimum atomic E-state index is 0.694. The molecular formula is C49H31N3. The Balaban J connectivity index is 1.08.